The fourth-order valence-electron chi connectivity index (χ4n) is 1.21. The van der Waals surface area contributed by atoms with Crippen LogP contribution in [0.15, 0.2) is 17.5 Å². The summed E-state index contributed by atoms with van der Waals surface area (Å²) in [5.74, 6) is -1.10. The van der Waals surface area contributed by atoms with Crippen molar-refractivity contribution in [3.05, 3.63) is 38.3 Å². The molecule has 0 aliphatic carbocycles. The third-order valence-corrected chi connectivity index (χ3v) is 3.96. The van der Waals surface area contributed by atoms with Crippen LogP contribution in [0.5, 0.6) is 0 Å². The Morgan fingerprint density at radius 3 is 2.47 bits per heavy atom. The average molecular weight is 309 g/mol. The molecule has 0 spiro atoms. The number of aromatic carboxylic acids is 1. The monoisotopic (exact) mass is 307 g/mol. The van der Waals surface area contributed by atoms with E-state index in [1.807, 2.05) is 0 Å². The molecular weight excluding hydrogens is 305 g/mol. The molecule has 0 unspecified atom stereocenters. The molecule has 2 rings (SSSR count). The second-order valence-corrected chi connectivity index (χ2v) is 5.11. The number of halogens is 3. The van der Waals surface area contributed by atoms with Crippen molar-refractivity contribution >= 4 is 52.1 Å². The molecule has 1 aromatic heterocycles. The Hall–Kier alpha value is -0.810. The lowest BCUT2D eigenvalue weighted by atomic mass is 10.2. The lowest BCUT2D eigenvalue weighted by Gasteiger charge is -2.04. The topological polar surface area (TPSA) is 50.2 Å². The number of carbonyl (C=O) groups is 1. The van der Waals surface area contributed by atoms with E-state index in [1.54, 1.807) is 12.1 Å². The maximum Gasteiger partial charge on any atom is 0.355 e. The fraction of sp³-hybridized carbons (Fsp3) is 0. The third-order valence-electron chi connectivity index (χ3n) is 1.98. The molecule has 0 saturated heterocycles. The van der Waals surface area contributed by atoms with Crippen LogP contribution in [-0.4, -0.2) is 16.1 Å². The first-order valence-corrected chi connectivity index (χ1v) is 6.34. The van der Waals surface area contributed by atoms with Crippen LogP contribution >= 0.6 is 46.1 Å². The van der Waals surface area contributed by atoms with Crippen LogP contribution in [0.4, 0.5) is 0 Å². The molecule has 0 aliphatic rings. The van der Waals surface area contributed by atoms with Crippen LogP contribution in [0.25, 0.3) is 10.6 Å². The summed E-state index contributed by atoms with van der Waals surface area (Å²) in [6.07, 6.45) is 0. The van der Waals surface area contributed by atoms with E-state index in [-0.39, 0.29) is 10.7 Å². The molecule has 0 aliphatic heterocycles. The highest BCUT2D eigenvalue weighted by molar-refractivity contribution is 7.13. The van der Waals surface area contributed by atoms with Crippen molar-refractivity contribution in [2.45, 2.75) is 0 Å². The lowest BCUT2D eigenvalue weighted by Crippen LogP contribution is -1.95. The van der Waals surface area contributed by atoms with Gasteiger partial charge in [0.05, 0.1) is 15.1 Å². The van der Waals surface area contributed by atoms with Gasteiger partial charge in [0.25, 0.3) is 0 Å². The molecule has 88 valence electrons. The zero-order valence-electron chi connectivity index (χ0n) is 8.08. The number of carboxylic acids is 1. The van der Waals surface area contributed by atoms with Gasteiger partial charge in [0.15, 0.2) is 5.69 Å². The summed E-state index contributed by atoms with van der Waals surface area (Å²) in [5, 5.41) is 11.6. The fourth-order valence-corrected chi connectivity index (χ4v) is 2.89. The van der Waals surface area contributed by atoms with Gasteiger partial charge >= 0.3 is 5.97 Å². The number of carboxylic acid groups (broad SMARTS) is 1. The molecular formula is C10H4Cl3NO2S. The summed E-state index contributed by atoms with van der Waals surface area (Å²) in [5.41, 5.74) is 0.412. The minimum Gasteiger partial charge on any atom is -0.476 e. The van der Waals surface area contributed by atoms with E-state index >= 15 is 0 Å². The predicted molar refractivity (Wildman–Crippen MR) is 69.5 cm³/mol. The normalized spacial score (nSPS) is 10.5. The Balaban J connectivity index is 2.60. The van der Waals surface area contributed by atoms with Crippen molar-refractivity contribution < 1.29 is 9.90 Å². The van der Waals surface area contributed by atoms with Crippen LogP contribution < -0.4 is 0 Å². The van der Waals surface area contributed by atoms with Gasteiger partial charge in [-0.1, -0.05) is 34.8 Å². The molecule has 0 fully saturated rings. The van der Waals surface area contributed by atoms with Crippen molar-refractivity contribution in [3.63, 3.8) is 0 Å². The zero-order valence-corrected chi connectivity index (χ0v) is 11.2. The van der Waals surface area contributed by atoms with Gasteiger partial charge in [-0.3, -0.25) is 0 Å². The van der Waals surface area contributed by atoms with Gasteiger partial charge in [0.1, 0.15) is 5.01 Å². The molecule has 0 amide bonds. The lowest BCUT2D eigenvalue weighted by molar-refractivity contribution is 0.0691. The van der Waals surface area contributed by atoms with Crippen LogP contribution in [-0.2, 0) is 0 Å². The molecule has 0 bridgehead atoms. The highest BCUT2D eigenvalue weighted by Crippen LogP contribution is 2.40. The number of nitrogens with zero attached hydrogens (tertiary/aromatic N) is 1. The van der Waals surface area contributed by atoms with Crippen LogP contribution in [0.1, 0.15) is 10.5 Å². The van der Waals surface area contributed by atoms with E-state index in [4.69, 9.17) is 39.9 Å². The molecule has 17 heavy (non-hydrogen) atoms. The Bertz CT molecular complexity index is 597. The van der Waals surface area contributed by atoms with Crippen molar-refractivity contribution in [1.29, 1.82) is 0 Å². The summed E-state index contributed by atoms with van der Waals surface area (Å²) >= 11 is 19.0. The van der Waals surface area contributed by atoms with Crippen LogP contribution in [0.2, 0.25) is 15.1 Å². The van der Waals surface area contributed by atoms with Crippen LogP contribution in [0.3, 0.4) is 0 Å². The van der Waals surface area contributed by atoms with Gasteiger partial charge in [-0.2, -0.15) is 0 Å². The number of hydrogen-bond acceptors (Lipinski definition) is 3. The smallest absolute Gasteiger partial charge is 0.355 e. The first kappa shape index (κ1) is 12.6. The zero-order chi connectivity index (χ0) is 12.6. The Morgan fingerprint density at radius 1 is 1.24 bits per heavy atom. The highest BCUT2D eigenvalue weighted by Gasteiger charge is 2.17. The van der Waals surface area contributed by atoms with Crippen molar-refractivity contribution in [2.24, 2.45) is 0 Å². The molecule has 0 atom stereocenters. The Morgan fingerprint density at radius 2 is 1.88 bits per heavy atom. The number of benzene rings is 1. The summed E-state index contributed by atoms with van der Waals surface area (Å²) in [6, 6.07) is 3.16. The van der Waals surface area contributed by atoms with Crippen molar-refractivity contribution in [2.75, 3.05) is 0 Å². The maximum absolute atomic E-state index is 10.7. The van der Waals surface area contributed by atoms with Crippen molar-refractivity contribution in [3.8, 4) is 10.6 Å². The Labute approximate surface area is 116 Å². The number of hydrogen-bond donors (Lipinski definition) is 1. The molecule has 1 heterocycles. The minimum atomic E-state index is -1.10. The summed E-state index contributed by atoms with van der Waals surface area (Å²) < 4.78 is 0. The van der Waals surface area contributed by atoms with E-state index in [2.05, 4.69) is 4.98 Å². The van der Waals surface area contributed by atoms with E-state index in [0.717, 1.165) is 11.3 Å². The van der Waals surface area contributed by atoms with Gasteiger partial charge < -0.3 is 5.11 Å². The molecule has 3 nitrogen and oxygen atoms in total. The minimum absolute atomic E-state index is 0.0443. The first-order chi connectivity index (χ1) is 8.00. The molecule has 0 radical (unpaired) electrons. The average Bonchev–Trinajstić information content (AvgIpc) is 2.73. The maximum atomic E-state index is 10.7. The summed E-state index contributed by atoms with van der Waals surface area (Å²) in [4.78, 5) is 14.7. The van der Waals surface area contributed by atoms with Gasteiger partial charge in [-0.05, 0) is 12.1 Å². The van der Waals surface area contributed by atoms with Gasteiger partial charge in [-0.25, -0.2) is 9.78 Å². The van der Waals surface area contributed by atoms with E-state index in [0.29, 0.717) is 20.6 Å². The highest BCUT2D eigenvalue weighted by atomic mass is 35.5. The van der Waals surface area contributed by atoms with Crippen molar-refractivity contribution in [1.82, 2.24) is 4.98 Å². The van der Waals surface area contributed by atoms with Gasteiger partial charge in [-0.15, -0.1) is 11.3 Å². The molecule has 2 aromatic rings. The predicted octanol–water partition coefficient (Wildman–Crippen LogP) is 4.47. The number of aromatic nitrogens is 1. The standard InChI is InChI=1S/C10H4Cl3NO2S/c11-4-1-2-5(12)8(13)7(4)9-14-6(3-17-9)10(15)16/h1-3H,(H,15,16). The molecule has 7 heteroatoms. The number of thiazole rings is 1. The van der Waals surface area contributed by atoms with Crippen LogP contribution in [0, 0.1) is 0 Å². The largest absolute Gasteiger partial charge is 0.476 e. The van der Waals surface area contributed by atoms with Gasteiger partial charge in [0, 0.05) is 10.9 Å². The second-order valence-electron chi connectivity index (χ2n) is 3.06. The second kappa shape index (κ2) is 4.82. The first-order valence-electron chi connectivity index (χ1n) is 4.33. The third kappa shape index (κ3) is 2.40. The molecule has 0 saturated carbocycles. The number of rotatable bonds is 2. The van der Waals surface area contributed by atoms with E-state index in [9.17, 15) is 4.79 Å². The Kier molecular flexibility index (Phi) is 3.58. The SMILES string of the molecule is O=C(O)c1csc(-c2c(Cl)ccc(Cl)c2Cl)n1. The van der Waals surface area contributed by atoms with Gasteiger partial charge in [0.2, 0.25) is 0 Å². The summed E-state index contributed by atoms with van der Waals surface area (Å²) in [6.45, 7) is 0. The molecule has 1 N–H and O–H groups in total. The molecule has 1 aromatic carbocycles. The van der Waals surface area contributed by atoms with E-state index in [1.165, 1.54) is 5.38 Å². The van der Waals surface area contributed by atoms with E-state index < -0.39 is 5.97 Å². The summed E-state index contributed by atoms with van der Waals surface area (Å²) in [7, 11) is 0. The quantitative estimate of drug-likeness (QED) is 0.833.